The summed E-state index contributed by atoms with van der Waals surface area (Å²) in [5.74, 6) is 0. The van der Waals surface area contributed by atoms with Gasteiger partial charge in [-0.25, -0.2) is 0 Å². The van der Waals surface area contributed by atoms with Crippen LogP contribution in [-0.4, -0.2) is 9.13 Å². The number of fused-ring (bicyclic) bond motifs is 7. The van der Waals surface area contributed by atoms with E-state index >= 15 is 0 Å². The minimum atomic E-state index is 1.07. The fourth-order valence-electron chi connectivity index (χ4n) is 7.87. The quantitative estimate of drug-likeness (QED) is 0.187. The number of aryl methyl sites for hydroxylation is 1. The molecule has 0 unspecified atom stereocenters. The van der Waals surface area contributed by atoms with Crippen LogP contribution in [0.2, 0.25) is 0 Å². The Morgan fingerprint density at radius 1 is 0.396 bits per heavy atom. The van der Waals surface area contributed by atoms with E-state index in [4.69, 9.17) is 0 Å². The minimum absolute atomic E-state index is 1.07. The standard InChI is InChI=1S/C46H32N2/c1-2-12-37(13-3-1)47-43-16-8-6-14-39(43)41-29-35(23-26-45(41)47)32-18-20-33(21-19-32)36-24-27-46-42(30-36)40-15-7-9-17-44(40)48(46)38-25-22-31-10-4-5-11-34(31)28-38/h1-5,7-13,15-30H,6,14H2. The Morgan fingerprint density at radius 3 is 1.81 bits per heavy atom. The highest BCUT2D eigenvalue weighted by Gasteiger charge is 2.19. The molecule has 0 spiro atoms. The van der Waals surface area contributed by atoms with Gasteiger partial charge in [-0.1, -0.05) is 109 Å². The molecule has 0 amide bonds. The highest BCUT2D eigenvalue weighted by atomic mass is 15.0. The number of rotatable bonds is 4. The van der Waals surface area contributed by atoms with Gasteiger partial charge < -0.3 is 9.13 Å². The van der Waals surface area contributed by atoms with Gasteiger partial charge in [-0.15, -0.1) is 0 Å². The van der Waals surface area contributed by atoms with Gasteiger partial charge >= 0.3 is 0 Å². The van der Waals surface area contributed by atoms with E-state index in [1.807, 2.05) is 0 Å². The zero-order chi connectivity index (χ0) is 31.6. The average Bonchev–Trinajstić information content (AvgIpc) is 3.67. The molecule has 2 nitrogen and oxygen atoms in total. The number of hydrogen-bond donors (Lipinski definition) is 0. The Hall–Kier alpha value is -6.12. The Bertz CT molecular complexity index is 2700. The third-order valence-corrected chi connectivity index (χ3v) is 10.2. The van der Waals surface area contributed by atoms with Crippen molar-refractivity contribution in [2.45, 2.75) is 12.8 Å². The van der Waals surface area contributed by atoms with Gasteiger partial charge in [0.2, 0.25) is 0 Å². The summed E-state index contributed by atoms with van der Waals surface area (Å²) in [6.07, 6.45) is 6.77. The maximum absolute atomic E-state index is 2.42. The van der Waals surface area contributed by atoms with Crippen molar-refractivity contribution in [1.29, 1.82) is 0 Å². The SMILES string of the molecule is C1=Cc2c(c3cc(-c4ccc(-c5ccc6c(c5)c5ccccc5n6-c5ccc6ccccc6c5)cc4)ccc3n2-c2ccccc2)CC1. The van der Waals surface area contributed by atoms with Gasteiger partial charge in [0.1, 0.15) is 0 Å². The van der Waals surface area contributed by atoms with Crippen molar-refractivity contribution in [2.24, 2.45) is 0 Å². The molecule has 0 atom stereocenters. The predicted molar refractivity (Wildman–Crippen MR) is 203 cm³/mol. The van der Waals surface area contributed by atoms with Crippen LogP contribution in [-0.2, 0) is 6.42 Å². The molecule has 48 heavy (non-hydrogen) atoms. The largest absolute Gasteiger partial charge is 0.310 e. The summed E-state index contributed by atoms with van der Waals surface area (Å²) in [6.45, 7) is 0. The zero-order valence-electron chi connectivity index (χ0n) is 26.5. The van der Waals surface area contributed by atoms with E-state index in [1.54, 1.807) is 0 Å². The van der Waals surface area contributed by atoms with Crippen LogP contribution in [0.25, 0.3) is 83.2 Å². The Morgan fingerprint density at radius 2 is 1.02 bits per heavy atom. The van der Waals surface area contributed by atoms with Crippen LogP contribution in [0.3, 0.4) is 0 Å². The van der Waals surface area contributed by atoms with Crippen LogP contribution in [0, 0.1) is 0 Å². The van der Waals surface area contributed by atoms with Crippen LogP contribution in [0.15, 0.2) is 164 Å². The number of nitrogens with zero attached hydrogens (tertiary/aromatic N) is 2. The third-order valence-electron chi connectivity index (χ3n) is 10.2. The molecule has 2 heteroatoms. The molecular formula is C46H32N2. The van der Waals surface area contributed by atoms with Gasteiger partial charge in [-0.05, 0) is 112 Å². The number of allylic oxidation sites excluding steroid dienone is 1. The van der Waals surface area contributed by atoms with Crippen molar-refractivity contribution in [3.05, 3.63) is 175 Å². The molecule has 10 rings (SSSR count). The Kier molecular flexibility index (Phi) is 6.04. The normalized spacial score (nSPS) is 12.8. The molecule has 0 aliphatic heterocycles. The van der Waals surface area contributed by atoms with Crippen molar-refractivity contribution in [3.63, 3.8) is 0 Å². The van der Waals surface area contributed by atoms with Crippen LogP contribution >= 0.6 is 0 Å². The van der Waals surface area contributed by atoms with E-state index in [0.717, 1.165) is 12.8 Å². The number of para-hydroxylation sites is 2. The summed E-state index contributed by atoms with van der Waals surface area (Å²) in [5, 5.41) is 6.41. The van der Waals surface area contributed by atoms with Crippen molar-refractivity contribution < 1.29 is 0 Å². The lowest BCUT2D eigenvalue weighted by molar-refractivity contribution is 0.967. The molecular weight excluding hydrogens is 581 g/mol. The van der Waals surface area contributed by atoms with Crippen LogP contribution in [0.5, 0.6) is 0 Å². The van der Waals surface area contributed by atoms with Crippen LogP contribution < -0.4 is 0 Å². The molecule has 0 fully saturated rings. The summed E-state index contributed by atoms with van der Waals surface area (Å²) in [7, 11) is 0. The van der Waals surface area contributed by atoms with E-state index in [2.05, 4.69) is 179 Å². The smallest absolute Gasteiger partial charge is 0.0541 e. The summed E-state index contributed by atoms with van der Waals surface area (Å²) >= 11 is 0. The van der Waals surface area contributed by atoms with E-state index in [0.29, 0.717) is 0 Å². The van der Waals surface area contributed by atoms with Gasteiger partial charge in [0.15, 0.2) is 0 Å². The molecule has 2 aromatic heterocycles. The third kappa shape index (κ3) is 4.19. The van der Waals surface area contributed by atoms with Crippen molar-refractivity contribution in [3.8, 4) is 33.6 Å². The first-order valence-electron chi connectivity index (χ1n) is 16.8. The summed E-state index contributed by atoms with van der Waals surface area (Å²) in [6, 6.07) is 57.8. The highest BCUT2D eigenvalue weighted by molar-refractivity contribution is 6.10. The van der Waals surface area contributed by atoms with E-state index < -0.39 is 0 Å². The van der Waals surface area contributed by atoms with Crippen LogP contribution in [0.4, 0.5) is 0 Å². The summed E-state index contributed by atoms with van der Waals surface area (Å²) in [5.41, 5.74) is 13.8. The molecule has 0 saturated carbocycles. The molecule has 0 saturated heterocycles. The molecule has 0 bridgehead atoms. The van der Waals surface area contributed by atoms with Gasteiger partial charge in [-0.3, -0.25) is 0 Å². The topological polar surface area (TPSA) is 9.86 Å². The van der Waals surface area contributed by atoms with E-state index in [1.165, 1.54) is 88.4 Å². The van der Waals surface area contributed by atoms with Gasteiger partial charge in [0, 0.05) is 33.2 Å². The van der Waals surface area contributed by atoms with Crippen molar-refractivity contribution >= 4 is 49.6 Å². The number of benzene rings is 7. The first-order valence-corrected chi connectivity index (χ1v) is 16.8. The average molecular weight is 613 g/mol. The van der Waals surface area contributed by atoms with Gasteiger partial charge in [-0.2, -0.15) is 0 Å². The Balaban J connectivity index is 1.04. The number of aromatic nitrogens is 2. The zero-order valence-corrected chi connectivity index (χ0v) is 26.5. The van der Waals surface area contributed by atoms with Gasteiger partial charge in [0.25, 0.3) is 0 Å². The van der Waals surface area contributed by atoms with Crippen molar-refractivity contribution in [2.75, 3.05) is 0 Å². The van der Waals surface area contributed by atoms with E-state index in [-0.39, 0.29) is 0 Å². The predicted octanol–water partition coefficient (Wildman–Crippen LogP) is 12.2. The fraction of sp³-hybridized carbons (Fsp3) is 0.0435. The lowest BCUT2D eigenvalue weighted by Crippen LogP contribution is -1.99. The monoisotopic (exact) mass is 612 g/mol. The second-order valence-corrected chi connectivity index (χ2v) is 12.9. The lowest BCUT2D eigenvalue weighted by Gasteiger charge is -2.11. The maximum atomic E-state index is 2.42. The molecule has 1 aliphatic carbocycles. The highest BCUT2D eigenvalue weighted by Crippen LogP contribution is 2.38. The minimum Gasteiger partial charge on any atom is -0.310 e. The molecule has 7 aromatic carbocycles. The molecule has 226 valence electrons. The van der Waals surface area contributed by atoms with E-state index in [9.17, 15) is 0 Å². The maximum Gasteiger partial charge on any atom is 0.0541 e. The lowest BCUT2D eigenvalue weighted by atomic mass is 9.96. The first kappa shape index (κ1) is 27.0. The molecule has 0 N–H and O–H groups in total. The fourth-order valence-corrected chi connectivity index (χ4v) is 7.87. The van der Waals surface area contributed by atoms with Crippen molar-refractivity contribution in [1.82, 2.24) is 9.13 Å². The molecule has 2 heterocycles. The second kappa shape index (κ2) is 10.7. The molecule has 9 aromatic rings. The number of hydrogen-bond acceptors (Lipinski definition) is 0. The molecule has 1 aliphatic rings. The first-order chi connectivity index (χ1) is 23.8. The summed E-state index contributed by atoms with van der Waals surface area (Å²) in [4.78, 5) is 0. The van der Waals surface area contributed by atoms with Crippen LogP contribution in [0.1, 0.15) is 17.7 Å². The molecule has 0 radical (unpaired) electrons. The Labute approximate surface area is 279 Å². The van der Waals surface area contributed by atoms with Gasteiger partial charge in [0.05, 0.1) is 16.6 Å². The second-order valence-electron chi connectivity index (χ2n) is 12.9. The summed E-state index contributed by atoms with van der Waals surface area (Å²) < 4.78 is 4.82.